The summed E-state index contributed by atoms with van der Waals surface area (Å²) < 4.78 is 44.1. The molecule has 3 rings (SSSR count). The van der Waals surface area contributed by atoms with Crippen LogP contribution < -0.4 is 4.74 Å². The Bertz CT molecular complexity index is 584. The van der Waals surface area contributed by atoms with Gasteiger partial charge in [0.1, 0.15) is 5.75 Å². The highest BCUT2D eigenvalue weighted by Gasteiger charge is 2.45. The lowest BCUT2D eigenvalue weighted by Gasteiger charge is -2.52. The first-order valence-electron chi connectivity index (χ1n) is 7.81. The summed E-state index contributed by atoms with van der Waals surface area (Å²) in [6.07, 6.45) is 0.141. The molecule has 126 valence electrons. The van der Waals surface area contributed by atoms with Gasteiger partial charge in [0.2, 0.25) is 6.41 Å². The molecule has 3 nitrogen and oxygen atoms in total. The average molecular weight is 327 g/mol. The van der Waals surface area contributed by atoms with E-state index in [4.69, 9.17) is 4.74 Å². The van der Waals surface area contributed by atoms with Gasteiger partial charge in [0, 0.05) is 18.5 Å². The van der Waals surface area contributed by atoms with Gasteiger partial charge in [0.15, 0.2) is 0 Å². The molecule has 1 saturated heterocycles. The molecule has 0 radical (unpaired) electrons. The van der Waals surface area contributed by atoms with Crippen molar-refractivity contribution in [3.8, 4) is 5.75 Å². The molecule has 1 aliphatic heterocycles. The molecule has 2 fully saturated rings. The lowest BCUT2D eigenvalue weighted by Crippen LogP contribution is -2.56. The van der Waals surface area contributed by atoms with Crippen LogP contribution >= 0.6 is 0 Å². The van der Waals surface area contributed by atoms with Gasteiger partial charge in [0.25, 0.3) is 0 Å². The molecule has 1 saturated carbocycles. The zero-order chi connectivity index (χ0) is 16.7. The van der Waals surface area contributed by atoms with Gasteiger partial charge in [-0.2, -0.15) is 13.2 Å². The van der Waals surface area contributed by atoms with Gasteiger partial charge in [-0.25, -0.2) is 0 Å². The van der Waals surface area contributed by atoms with E-state index in [1.165, 1.54) is 13.2 Å². The van der Waals surface area contributed by atoms with E-state index in [2.05, 4.69) is 0 Å². The Morgan fingerprint density at radius 1 is 1.22 bits per heavy atom. The van der Waals surface area contributed by atoms with Crippen molar-refractivity contribution in [1.82, 2.24) is 4.90 Å². The fourth-order valence-corrected chi connectivity index (χ4v) is 3.91. The lowest BCUT2D eigenvalue weighted by molar-refractivity contribution is -0.137. The third-order valence-corrected chi connectivity index (χ3v) is 5.24. The van der Waals surface area contributed by atoms with E-state index in [1.54, 1.807) is 11.0 Å². The number of ether oxygens (including phenoxy) is 1. The topological polar surface area (TPSA) is 29.5 Å². The predicted molar refractivity (Wildman–Crippen MR) is 79.3 cm³/mol. The number of carbonyl (C=O) groups excluding carboxylic acids is 1. The zero-order valence-corrected chi connectivity index (χ0v) is 13.0. The first kappa shape index (κ1) is 16.1. The fraction of sp³-hybridized carbons (Fsp3) is 0.588. The summed E-state index contributed by atoms with van der Waals surface area (Å²) in [5, 5.41) is 0. The molecule has 0 bridgehead atoms. The summed E-state index contributed by atoms with van der Waals surface area (Å²) in [7, 11) is 1.39. The normalized spacial score (nSPS) is 21.1. The van der Waals surface area contributed by atoms with Crippen molar-refractivity contribution in [1.29, 1.82) is 0 Å². The van der Waals surface area contributed by atoms with Crippen molar-refractivity contribution < 1.29 is 22.7 Å². The van der Waals surface area contributed by atoms with Gasteiger partial charge in [-0.15, -0.1) is 0 Å². The summed E-state index contributed by atoms with van der Waals surface area (Å²) in [5.74, 6) is 0.382. The summed E-state index contributed by atoms with van der Waals surface area (Å²) in [6, 6.07) is 4.02. The largest absolute Gasteiger partial charge is 0.497 e. The average Bonchev–Trinajstić information content (AvgIpc) is 2.51. The number of hydrogen-bond acceptors (Lipinski definition) is 2. The Balaban J connectivity index is 1.74. The second-order valence-electron chi connectivity index (χ2n) is 6.78. The van der Waals surface area contributed by atoms with Crippen LogP contribution in [0.4, 0.5) is 13.2 Å². The molecule has 6 heteroatoms. The summed E-state index contributed by atoms with van der Waals surface area (Å²) in [4.78, 5) is 12.5. The molecule has 0 unspecified atom stereocenters. The van der Waals surface area contributed by atoms with E-state index in [1.807, 2.05) is 0 Å². The van der Waals surface area contributed by atoms with Crippen LogP contribution in [-0.2, 0) is 11.0 Å². The standard InChI is InChI=1S/C17H20F3NO2/c1-23-15-7-13(6-14(8-15)17(18,19)20)12-2-4-16(5-3-12)9-21(10-16)11-22/h6-8,11-12H,2-5,9-10H2,1H3. The maximum Gasteiger partial charge on any atom is 0.416 e. The molecule has 23 heavy (non-hydrogen) atoms. The molecule has 1 aromatic carbocycles. The van der Waals surface area contributed by atoms with Gasteiger partial charge in [0.05, 0.1) is 12.7 Å². The highest BCUT2D eigenvalue weighted by molar-refractivity contribution is 5.49. The summed E-state index contributed by atoms with van der Waals surface area (Å²) in [6.45, 7) is 1.57. The number of likely N-dealkylation sites (tertiary alicyclic amines) is 1. The van der Waals surface area contributed by atoms with E-state index in [9.17, 15) is 18.0 Å². The number of alkyl halides is 3. The summed E-state index contributed by atoms with van der Waals surface area (Å²) in [5.41, 5.74) is 0.254. The van der Waals surface area contributed by atoms with Gasteiger partial charge in [-0.05, 0) is 55.4 Å². The zero-order valence-electron chi connectivity index (χ0n) is 13.0. The number of carbonyl (C=O) groups is 1. The third-order valence-electron chi connectivity index (χ3n) is 5.24. The van der Waals surface area contributed by atoms with Crippen LogP contribution in [0.3, 0.4) is 0 Å². The molecule has 1 aromatic rings. The third kappa shape index (κ3) is 3.16. The van der Waals surface area contributed by atoms with Crippen molar-refractivity contribution in [2.24, 2.45) is 5.41 Å². The van der Waals surface area contributed by atoms with Crippen molar-refractivity contribution in [2.45, 2.75) is 37.8 Å². The SMILES string of the molecule is COc1cc(C2CCC3(CC2)CN(C=O)C3)cc(C(F)(F)F)c1. The van der Waals surface area contributed by atoms with E-state index in [0.717, 1.165) is 51.2 Å². The second-order valence-corrected chi connectivity index (χ2v) is 6.78. The van der Waals surface area contributed by atoms with E-state index in [-0.39, 0.29) is 17.1 Å². The Kier molecular flexibility index (Phi) is 4.02. The number of rotatable bonds is 3. The van der Waals surface area contributed by atoms with Crippen molar-refractivity contribution in [2.75, 3.05) is 20.2 Å². The van der Waals surface area contributed by atoms with Crippen LogP contribution in [0.15, 0.2) is 18.2 Å². The van der Waals surface area contributed by atoms with E-state index in [0.29, 0.717) is 5.56 Å². The number of nitrogens with zero attached hydrogens (tertiary/aromatic N) is 1. The second kappa shape index (κ2) is 5.73. The molecule has 0 N–H and O–H groups in total. The lowest BCUT2D eigenvalue weighted by atomic mass is 9.65. The van der Waals surface area contributed by atoms with Gasteiger partial charge < -0.3 is 9.64 Å². The van der Waals surface area contributed by atoms with E-state index >= 15 is 0 Å². The number of halogens is 3. The molecule has 1 aliphatic carbocycles. The van der Waals surface area contributed by atoms with Gasteiger partial charge in [-0.3, -0.25) is 4.79 Å². The molecule has 1 heterocycles. The van der Waals surface area contributed by atoms with Crippen molar-refractivity contribution in [3.05, 3.63) is 29.3 Å². The van der Waals surface area contributed by atoms with E-state index < -0.39 is 11.7 Å². The molecule has 1 amide bonds. The highest BCUT2D eigenvalue weighted by Crippen LogP contribution is 2.48. The Morgan fingerprint density at radius 3 is 2.39 bits per heavy atom. The molecular weight excluding hydrogens is 307 g/mol. The fourth-order valence-electron chi connectivity index (χ4n) is 3.91. The molecule has 2 aliphatic rings. The summed E-state index contributed by atoms with van der Waals surface area (Å²) >= 11 is 0. The van der Waals surface area contributed by atoms with Crippen LogP contribution in [0.5, 0.6) is 5.75 Å². The van der Waals surface area contributed by atoms with Crippen LogP contribution in [0.2, 0.25) is 0 Å². The number of methoxy groups -OCH3 is 1. The quantitative estimate of drug-likeness (QED) is 0.790. The van der Waals surface area contributed by atoms with Crippen molar-refractivity contribution >= 4 is 6.41 Å². The molecule has 1 spiro atoms. The van der Waals surface area contributed by atoms with Gasteiger partial charge in [-0.1, -0.05) is 0 Å². The number of benzene rings is 1. The predicted octanol–water partition coefficient (Wildman–Crippen LogP) is 3.83. The molecular formula is C17H20F3NO2. The monoisotopic (exact) mass is 327 g/mol. The first-order chi connectivity index (χ1) is 10.8. The van der Waals surface area contributed by atoms with Crippen LogP contribution in [0, 0.1) is 5.41 Å². The maximum atomic E-state index is 13.0. The smallest absolute Gasteiger partial charge is 0.416 e. The minimum Gasteiger partial charge on any atom is -0.497 e. The highest BCUT2D eigenvalue weighted by atomic mass is 19.4. The minimum absolute atomic E-state index is 0.127. The number of hydrogen-bond donors (Lipinski definition) is 0. The Labute approximate surface area is 133 Å². The Hall–Kier alpha value is -1.72. The molecule has 0 aromatic heterocycles. The van der Waals surface area contributed by atoms with Crippen LogP contribution in [0.1, 0.15) is 42.7 Å². The van der Waals surface area contributed by atoms with Crippen LogP contribution in [0.25, 0.3) is 0 Å². The van der Waals surface area contributed by atoms with Crippen LogP contribution in [-0.4, -0.2) is 31.5 Å². The minimum atomic E-state index is -4.36. The van der Waals surface area contributed by atoms with Gasteiger partial charge >= 0.3 is 6.18 Å². The first-order valence-corrected chi connectivity index (χ1v) is 7.81. The Morgan fingerprint density at radius 2 is 1.87 bits per heavy atom. The van der Waals surface area contributed by atoms with Crippen molar-refractivity contribution in [3.63, 3.8) is 0 Å². The maximum absolute atomic E-state index is 13.0. The number of amides is 1. The molecule has 0 atom stereocenters.